The minimum Gasteiger partial charge on any atom is -0.741 e. The van der Waals surface area contributed by atoms with E-state index < -0.39 is 27.6 Å². The van der Waals surface area contributed by atoms with Gasteiger partial charge in [-0.25, -0.2) is 8.42 Å². The summed E-state index contributed by atoms with van der Waals surface area (Å²) in [5.41, 5.74) is -0.290. The first-order chi connectivity index (χ1) is 34.5. The molecule has 19 nitrogen and oxygen atoms in total. The van der Waals surface area contributed by atoms with Crippen LogP contribution in [0.25, 0.3) is 21.8 Å². The molecule has 0 radical (unpaired) electrons. The third-order valence-electron chi connectivity index (χ3n) is 12.0. The number of fused-ring (bicyclic) bond motifs is 2. The summed E-state index contributed by atoms with van der Waals surface area (Å²) in [4.78, 5) is 76.1. The maximum Gasteiger partial charge on any atom is 3.00 e. The van der Waals surface area contributed by atoms with E-state index in [-0.39, 0.29) is 93.2 Å². The van der Waals surface area contributed by atoms with Crippen LogP contribution in [0.1, 0.15) is 45.7 Å². The van der Waals surface area contributed by atoms with Crippen LogP contribution in [0.2, 0.25) is 5.02 Å². The molecule has 0 atom stereocenters. The molecule has 74 heavy (non-hydrogen) atoms. The maximum absolute atomic E-state index is 13.6. The fourth-order valence-electron chi connectivity index (χ4n) is 8.16. The van der Waals surface area contributed by atoms with Gasteiger partial charge >= 0.3 is 54.9 Å². The van der Waals surface area contributed by atoms with E-state index in [0.29, 0.717) is 118 Å². The Bertz CT molecular complexity index is 2830. The van der Waals surface area contributed by atoms with Crippen LogP contribution in [0.3, 0.4) is 0 Å². The number of nitrogens with zero attached hydrogens (tertiary/aromatic N) is 6. The predicted octanol–water partition coefficient (Wildman–Crippen LogP) is 1.68. The van der Waals surface area contributed by atoms with Crippen LogP contribution in [-0.4, -0.2) is 169 Å². The van der Waals surface area contributed by atoms with E-state index in [4.69, 9.17) is 34.3 Å². The zero-order chi connectivity index (χ0) is 53.5. The summed E-state index contributed by atoms with van der Waals surface area (Å²) in [6, 6.07) is 22.2. The Labute approximate surface area is 472 Å². The summed E-state index contributed by atoms with van der Waals surface area (Å²) in [5, 5.41) is 31.8. The number of aliphatic carboxylic acids is 2. The van der Waals surface area contributed by atoms with Crippen molar-refractivity contribution in [2.45, 2.75) is 45.2 Å². The van der Waals surface area contributed by atoms with Crippen LogP contribution in [0.15, 0.2) is 72.8 Å². The Kier molecular flexibility index (Phi) is 24.3. The second kappa shape index (κ2) is 29.0. The van der Waals surface area contributed by atoms with Crippen molar-refractivity contribution < 1.29 is 114 Å². The van der Waals surface area contributed by atoms with Crippen LogP contribution < -0.4 is 25.6 Å². The van der Waals surface area contributed by atoms with E-state index in [1.807, 2.05) is 55.1 Å². The summed E-state index contributed by atoms with van der Waals surface area (Å²) in [6.45, 7) is 7.90. The number of hydrogen-bond donors (Lipinski definition) is 2. The molecule has 1 aliphatic rings. The molecular formula is C49H57ClEuF3N8O11S. The zero-order valence-corrected chi connectivity index (χ0v) is 44.9. The Morgan fingerprint density at radius 3 is 1.78 bits per heavy atom. The first kappa shape index (κ1) is 61.9. The van der Waals surface area contributed by atoms with Crippen LogP contribution in [0.4, 0.5) is 13.2 Å². The molecule has 1 fully saturated rings. The number of nitrogens with one attached hydrogen (secondary N) is 2. The standard InChI is InChI=1S/C48H59ClN8O8.CHF3O3S.Eu/c1-33-6-14-42-36(26-33)9-12-38(52-42)29-53-18-22-55(31-46(60)61)24-20-54(21-25-56(23-19-53)32-47(62)63)30-45(59)51-17-5-4-16-50-44(58)28-40-34(2)57(43-15-13-39(65-3)27-41(40)43)48(64)35-7-10-37(49)11-8-35;2-1(3,4)8(5,6)7;/h6-15,26-27H,4-5,16-25,28-32H2,1-3H3,(H,50,58)(H,51,59)(H,60,61)(H,62,63);(H,5,6,7);/q;;+3/p-3. The maximum atomic E-state index is 13.6. The molecule has 0 saturated carbocycles. The summed E-state index contributed by atoms with van der Waals surface area (Å²) in [5.74, 6) is -2.46. The number of rotatable bonds is 17. The quantitative estimate of drug-likeness (QED) is 0.0764. The van der Waals surface area contributed by atoms with Crippen LogP contribution in [-0.2, 0) is 42.3 Å². The van der Waals surface area contributed by atoms with Gasteiger partial charge < -0.3 is 39.7 Å². The normalized spacial score (nSPS) is 14.7. The number of methoxy groups -OCH3 is 1. The van der Waals surface area contributed by atoms with E-state index >= 15 is 0 Å². The van der Waals surface area contributed by atoms with Gasteiger partial charge in [-0.2, -0.15) is 13.2 Å². The van der Waals surface area contributed by atoms with Crippen molar-refractivity contribution in [1.29, 1.82) is 0 Å². The number of carboxylic acids is 2. The van der Waals surface area contributed by atoms with Gasteiger partial charge in [0, 0.05) is 112 Å². The number of carbonyl (C=O) groups excluding carboxylic acids is 5. The van der Waals surface area contributed by atoms with Crippen molar-refractivity contribution in [2.75, 3.05) is 92.2 Å². The number of unbranched alkanes of at least 4 members (excludes halogenated alkanes) is 1. The molecule has 1 aliphatic heterocycles. The minimum absolute atomic E-state index is 0. The fourth-order valence-corrected chi connectivity index (χ4v) is 8.29. The molecule has 2 aromatic heterocycles. The van der Waals surface area contributed by atoms with Crippen molar-refractivity contribution >= 4 is 73.2 Å². The molecule has 0 spiro atoms. The van der Waals surface area contributed by atoms with E-state index in [1.54, 1.807) is 51.8 Å². The van der Waals surface area contributed by atoms with Gasteiger partial charge in [-0.05, 0) is 92.9 Å². The van der Waals surface area contributed by atoms with Crippen LogP contribution >= 0.6 is 11.6 Å². The molecular weight excluding hydrogens is 1150 g/mol. The molecule has 25 heteroatoms. The Morgan fingerprint density at radius 1 is 0.730 bits per heavy atom. The van der Waals surface area contributed by atoms with Gasteiger partial charge in [0.25, 0.3) is 5.91 Å². The van der Waals surface area contributed by atoms with Gasteiger partial charge in [-0.1, -0.05) is 29.3 Å². The summed E-state index contributed by atoms with van der Waals surface area (Å²) >= 11 is 6.06. The average molecular weight is 1210 g/mol. The third-order valence-corrected chi connectivity index (χ3v) is 12.8. The minimum atomic E-state index is -6.09. The second-order valence-electron chi connectivity index (χ2n) is 17.4. The van der Waals surface area contributed by atoms with Crippen LogP contribution in [0, 0.1) is 63.2 Å². The van der Waals surface area contributed by atoms with E-state index in [2.05, 4.69) is 21.6 Å². The zero-order valence-electron chi connectivity index (χ0n) is 40.9. The number of aryl methyl sites for hydroxylation is 1. The summed E-state index contributed by atoms with van der Waals surface area (Å²) < 4.78 is 66.0. The van der Waals surface area contributed by atoms with E-state index in [0.717, 1.165) is 27.5 Å². The molecule has 3 heterocycles. The number of aromatic nitrogens is 2. The number of carbonyl (C=O) groups is 5. The Morgan fingerprint density at radius 2 is 1.26 bits per heavy atom. The number of alkyl halides is 3. The molecule has 5 aromatic rings. The number of hydrogen-bond acceptors (Lipinski definition) is 16. The first-order valence-electron chi connectivity index (χ1n) is 23.2. The topological polar surface area (TPSA) is 253 Å². The Balaban J connectivity index is 0.00000121. The second-order valence-corrected chi connectivity index (χ2v) is 19.2. The molecule has 6 rings (SSSR count). The summed E-state index contributed by atoms with van der Waals surface area (Å²) in [7, 11) is -4.53. The molecule has 2 N–H and O–H groups in total. The molecule has 0 bridgehead atoms. The van der Waals surface area contributed by atoms with Gasteiger partial charge in [-0.15, -0.1) is 0 Å². The third kappa shape index (κ3) is 19.2. The average Bonchev–Trinajstić information content (AvgIpc) is 3.59. The molecule has 400 valence electrons. The number of carboxylic acid groups (broad SMARTS) is 2. The molecule has 3 aromatic carbocycles. The smallest absolute Gasteiger partial charge is 0.741 e. The van der Waals surface area contributed by atoms with Crippen molar-refractivity contribution in [2.24, 2.45) is 0 Å². The molecule has 1 saturated heterocycles. The predicted molar refractivity (Wildman–Crippen MR) is 260 cm³/mol. The summed E-state index contributed by atoms with van der Waals surface area (Å²) in [6.07, 6.45) is 1.24. The van der Waals surface area contributed by atoms with Gasteiger partial charge in [0.1, 0.15) is 5.75 Å². The number of benzene rings is 3. The van der Waals surface area contributed by atoms with E-state index in [9.17, 15) is 47.4 Å². The number of ether oxygens (including phenoxy) is 1. The van der Waals surface area contributed by atoms with Crippen molar-refractivity contribution in [3.05, 3.63) is 106 Å². The van der Waals surface area contributed by atoms with Gasteiger partial charge in [0.05, 0.1) is 48.7 Å². The monoisotopic (exact) mass is 1210 g/mol. The van der Waals surface area contributed by atoms with Crippen molar-refractivity contribution in [3.8, 4) is 5.75 Å². The molecule has 0 unspecified atom stereocenters. The van der Waals surface area contributed by atoms with Crippen molar-refractivity contribution in [3.63, 3.8) is 0 Å². The van der Waals surface area contributed by atoms with Gasteiger partial charge in [0.2, 0.25) is 11.8 Å². The first-order valence-corrected chi connectivity index (χ1v) is 25.0. The SMILES string of the molecule is COc1ccc2c(c1)c(CC(=O)NCCCCNC(=O)CN1CCN(CC(=O)[O-])CCN(Cc3ccc4cc(C)ccc4n3)CCN(CC(=O)[O-])CC1)c(C)n2C(=O)c1ccc(Cl)cc1.O=S(=O)([O-])C(F)(F)F.[Eu+3]. The van der Waals surface area contributed by atoms with Crippen LogP contribution in [0.5, 0.6) is 5.75 Å². The number of amides is 2. The Hall–Kier alpha value is -4.63. The molecule has 0 aliphatic carbocycles. The fraction of sp³-hybridized carbons (Fsp3) is 0.429. The number of pyridine rings is 1. The van der Waals surface area contributed by atoms with Crippen molar-refractivity contribution in [1.82, 2.24) is 39.8 Å². The van der Waals surface area contributed by atoms with E-state index in [1.165, 1.54) is 0 Å². The van der Waals surface area contributed by atoms with Gasteiger partial charge in [-0.3, -0.25) is 43.5 Å². The number of halogens is 4. The van der Waals surface area contributed by atoms with Gasteiger partial charge in [0.15, 0.2) is 10.1 Å². The molecule has 2 amide bonds. The largest absolute Gasteiger partial charge is 3.00 e.